The highest BCUT2D eigenvalue weighted by Gasteiger charge is 2.04. The highest BCUT2D eigenvalue weighted by atomic mass is 35.5. The molecule has 1 heterocycles. The average Bonchev–Trinajstić information content (AvgIpc) is 2.87. The second kappa shape index (κ2) is 12.3. The fraction of sp³-hybridized carbons (Fsp3) is 0.241. The molecule has 4 rings (SSSR count). The largest absolute Gasteiger partial charge is 0.384 e. The third kappa shape index (κ3) is 7.28. The van der Waals surface area contributed by atoms with Gasteiger partial charge < -0.3 is 15.5 Å². The molecule has 0 aliphatic carbocycles. The summed E-state index contributed by atoms with van der Waals surface area (Å²) in [6.07, 6.45) is 7.21. The first-order valence-electron chi connectivity index (χ1n) is 12.0. The number of pyridine rings is 1. The van der Waals surface area contributed by atoms with E-state index in [0.29, 0.717) is 11.6 Å². The molecule has 1 amide bonds. The number of hydrogen-bond donors (Lipinski definition) is 2. The van der Waals surface area contributed by atoms with Crippen molar-refractivity contribution in [3.8, 4) is 0 Å². The molecule has 0 atom stereocenters. The first kappa shape index (κ1) is 24.7. The molecule has 0 saturated heterocycles. The second-order valence-corrected chi connectivity index (χ2v) is 9.12. The van der Waals surface area contributed by atoms with Gasteiger partial charge in [-0.15, -0.1) is 0 Å². The number of hydrogen-bond acceptors (Lipinski definition) is 4. The van der Waals surface area contributed by atoms with E-state index in [9.17, 15) is 4.79 Å². The van der Waals surface area contributed by atoms with Gasteiger partial charge in [-0.2, -0.15) is 0 Å². The molecule has 0 saturated carbocycles. The Kier molecular flexibility index (Phi) is 8.71. The van der Waals surface area contributed by atoms with E-state index in [-0.39, 0.29) is 5.91 Å². The van der Waals surface area contributed by atoms with E-state index in [1.807, 2.05) is 48.5 Å². The molecule has 0 aliphatic heterocycles. The highest BCUT2D eigenvalue weighted by Crippen LogP contribution is 2.24. The van der Waals surface area contributed by atoms with Crippen LogP contribution in [0, 0.1) is 0 Å². The van der Waals surface area contributed by atoms with E-state index in [1.165, 1.54) is 10.8 Å². The maximum Gasteiger partial charge on any atom is 0.243 e. The first-order valence-corrected chi connectivity index (χ1v) is 12.4. The fourth-order valence-electron chi connectivity index (χ4n) is 4.06. The minimum Gasteiger partial charge on any atom is -0.384 e. The predicted molar refractivity (Wildman–Crippen MR) is 148 cm³/mol. The normalized spacial score (nSPS) is 11.5. The number of anilines is 1. The number of fused-ring (bicyclic) bond motifs is 2. The zero-order valence-corrected chi connectivity index (χ0v) is 20.8. The molecule has 3 aromatic carbocycles. The van der Waals surface area contributed by atoms with Crippen molar-refractivity contribution < 1.29 is 4.79 Å². The third-order valence-electron chi connectivity index (χ3n) is 5.95. The van der Waals surface area contributed by atoms with Gasteiger partial charge in [0.05, 0.1) is 5.52 Å². The molecule has 0 unspecified atom stereocenters. The Hall–Kier alpha value is -3.41. The molecule has 0 spiro atoms. The van der Waals surface area contributed by atoms with Gasteiger partial charge in [0, 0.05) is 41.5 Å². The lowest BCUT2D eigenvalue weighted by molar-refractivity contribution is -0.116. The summed E-state index contributed by atoms with van der Waals surface area (Å²) in [5.74, 6) is -0.0594. The minimum atomic E-state index is -0.0594. The van der Waals surface area contributed by atoms with E-state index < -0.39 is 0 Å². The Morgan fingerprint density at radius 2 is 1.77 bits per heavy atom. The van der Waals surface area contributed by atoms with Gasteiger partial charge in [-0.05, 0) is 85.7 Å². The van der Waals surface area contributed by atoms with Gasteiger partial charge in [0.1, 0.15) is 0 Å². The summed E-state index contributed by atoms with van der Waals surface area (Å²) < 4.78 is 0. The summed E-state index contributed by atoms with van der Waals surface area (Å²) in [6, 6.07) is 22.2. The van der Waals surface area contributed by atoms with Crippen molar-refractivity contribution >= 4 is 50.9 Å². The van der Waals surface area contributed by atoms with Crippen LogP contribution in [-0.4, -0.2) is 49.0 Å². The number of benzene rings is 3. The SMILES string of the molecule is CN(CCCNC(=O)/C=C/c1ccc2ccccc2c1)CCCNc1ccnc2cc(Cl)ccc12. The van der Waals surface area contributed by atoms with Crippen molar-refractivity contribution in [3.63, 3.8) is 0 Å². The van der Waals surface area contributed by atoms with E-state index in [4.69, 9.17) is 11.6 Å². The number of nitrogens with zero attached hydrogens (tertiary/aromatic N) is 2. The minimum absolute atomic E-state index is 0.0594. The Bertz CT molecular complexity index is 1320. The topological polar surface area (TPSA) is 57.3 Å². The van der Waals surface area contributed by atoms with Crippen LogP contribution in [0.1, 0.15) is 18.4 Å². The summed E-state index contributed by atoms with van der Waals surface area (Å²) in [5.41, 5.74) is 3.00. The number of carbonyl (C=O) groups is 1. The van der Waals surface area contributed by atoms with Crippen molar-refractivity contribution in [1.29, 1.82) is 0 Å². The van der Waals surface area contributed by atoms with Crippen molar-refractivity contribution in [2.75, 3.05) is 38.5 Å². The molecule has 0 aliphatic rings. The van der Waals surface area contributed by atoms with Crippen LogP contribution in [0.15, 0.2) is 79.0 Å². The lowest BCUT2D eigenvalue weighted by atomic mass is 10.1. The predicted octanol–water partition coefficient (Wildman–Crippen LogP) is 5.99. The molecule has 35 heavy (non-hydrogen) atoms. The maximum atomic E-state index is 12.2. The van der Waals surface area contributed by atoms with Crippen LogP contribution in [0.5, 0.6) is 0 Å². The molecular formula is C29H31ClN4O. The van der Waals surface area contributed by atoms with Crippen LogP contribution >= 0.6 is 11.6 Å². The molecule has 180 valence electrons. The fourth-order valence-corrected chi connectivity index (χ4v) is 4.23. The molecule has 0 bridgehead atoms. The average molecular weight is 487 g/mol. The maximum absolute atomic E-state index is 12.2. The number of rotatable bonds is 11. The summed E-state index contributed by atoms with van der Waals surface area (Å²) >= 11 is 6.07. The molecule has 0 radical (unpaired) electrons. The van der Waals surface area contributed by atoms with E-state index >= 15 is 0 Å². The summed E-state index contributed by atoms with van der Waals surface area (Å²) in [4.78, 5) is 18.8. The highest BCUT2D eigenvalue weighted by molar-refractivity contribution is 6.31. The van der Waals surface area contributed by atoms with E-state index in [1.54, 1.807) is 12.3 Å². The smallest absolute Gasteiger partial charge is 0.243 e. The van der Waals surface area contributed by atoms with Crippen LogP contribution in [0.4, 0.5) is 5.69 Å². The Morgan fingerprint density at radius 3 is 2.63 bits per heavy atom. The Morgan fingerprint density at radius 1 is 0.971 bits per heavy atom. The van der Waals surface area contributed by atoms with Gasteiger partial charge in [-0.3, -0.25) is 9.78 Å². The Balaban J connectivity index is 1.11. The molecule has 1 aromatic heterocycles. The second-order valence-electron chi connectivity index (χ2n) is 8.69. The lowest BCUT2D eigenvalue weighted by Gasteiger charge is -2.17. The van der Waals surface area contributed by atoms with Gasteiger partial charge in [-0.1, -0.05) is 48.0 Å². The first-order chi connectivity index (χ1) is 17.1. The monoisotopic (exact) mass is 486 g/mol. The molecule has 5 nitrogen and oxygen atoms in total. The third-order valence-corrected chi connectivity index (χ3v) is 6.19. The van der Waals surface area contributed by atoms with Gasteiger partial charge >= 0.3 is 0 Å². The molecule has 2 N–H and O–H groups in total. The van der Waals surface area contributed by atoms with Gasteiger partial charge in [0.15, 0.2) is 0 Å². The summed E-state index contributed by atoms with van der Waals surface area (Å²) in [6.45, 7) is 3.46. The number of halogens is 1. The van der Waals surface area contributed by atoms with Crippen LogP contribution in [0.25, 0.3) is 27.8 Å². The number of aromatic nitrogens is 1. The summed E-state index contributed by atoms with van der Waals surface area (Å²) in [5, 5.41) is 10.6. The van der Waals surface area contributed by atoms with Gasteiger partial charge in [-0.25, -0.2) is 0 Å². The molecule has 0 fully saturated rings. The number of carbonyl (C=O) groups excluding carboxylic acids is 1. The number of nitrogens with one attached hydrogen (secondary N) is 2. The number of amides is 1. The van der Waals surface area contributed by atoms with Crippen molar-refractivity contribution in [1.82, 2.24) is 15.2 Å². The van der Waals surface area contributed by atoms with Crippen molar-refractivity contribution in [2.45, 2.75) is 12.8 Å². The summed E-state index contributed by atoms with van der Waals surface area (Å²) in [7, 11) is 2.12. The Labute approximate surface area is 211 Å². The van der Waals surface area contributed by atoms with Gasteiger partial charge in [0.25, 0.3) is 0 Å². The zero-order chi connectivity index (χ0) is 24.5. The van der Waals surface area contributed by atoms with Crippen LogP contribution in [-0.2, 0) is 4.79 Å². The van der Waals surface area contributed by atoms with Crippen LogP contribution in [0.3, 0.4) is 0 Å². The zero-order valence-electron chi connectivity index (χ0n) is 20.0. The standard InChI is InChI=1S/C29H31ClN4O/c1-34(18-4-15-31-27-14-17-32-28-21-25(30)11-12-26(27)28)19-5-16-33-29(35)13-9-22-8-10-23-6-2-3-7-24(23)20-22/h2-3,6-14,17,20-21H,4-5,15-16,18-19H2,1H3,(H,31,32)(H,33,35)/b13-9+. The van der Waals surface area contributed by atoms with E-state index in [2.05, 4.69) is 51.8 Å². The van der Waals surface area contributed by atoms with Crippen LogP contribution in [0.2, 0.25) is 5.02 Å². The molecule has 4 aromatic rings. The molecular weight excluding hydrogens is 456 g/mol. The molecule has 6 heteroatoms. The van der Waals surface area contributed by atoms with Gasteiger partial charge in [0.2, 0.25) is 5.91 Å². The quantitative estimate of drug-likeness (QED) is 0.202. The van der Waals surface area contributed by atoms with E-state index in [0.717, 1.165) is 54.6 Å². The lowest BCUT2D eigenvalue weighted by Crippen LogP contribution is -2.28. The van der Waals surface area contributed by atoms with Crippen molar-refractivity contribution in [2.24, 2.45) is 0 Å². The van der Waals surface area contributed by atoms with Crippen LogP contribution < -0.4 is 10.6 Å². The van der Waals surface area contributed by atoms with Crippen molar-refractivity contribution in [3.05, 3.63) is 89.6 Å².